The summed E-state index contributed by atoms with van der Waals surface area (Å²) in [5.41, 5.74) is -1.56. The first kappa shape index (κ1) is 12.6. The monoisotopic (exact) mass is 250 g/mol. The lowest BCUT2D eigenvalue weighted by molar-refractivity contribution is -0.142. The van der Waals surface area contributed by atoms with Crippen molar-refractivity contribution in [1.82, 2.24) is 0 Å². The molecule has 0 spiro atoms. The van der Waals surface area contributed by atoms with Gasteiger partial charge in [0.1, 0.15) is 11.3 Å². The highest BCUT2D eigenvalue weighted by Crippen LogP contribution is 2.26. The maximum Gasteiger partial charge on any atom is 0.422 e. The minimum Gasteiger partial charge on any atom is -0.423 e. The summed E-state index contributed by atoms with van der Waals surface area (Å²) in [5.74, 6) is -1.61. The van der Waals surface area contributed by atoms with Gasteiger partial charge >= 0.3 is 12.1 Å². The largest absolute Gasteiger partial charge is 0.423 e. The van der Waals surface area contributed by atoms with E-state index in [2.05, 4.69) is 11.3 Å². The molecule has 1 aromatic carbocycles. The van der Waals surface area contributed by atoms with Crippen molar-refractivity contribution in [2.45, 2.75) is 6.18 Å². The number of benzene rings is 1. The molecule has 0 bridgehead atoms. The second-order valence-corrected chi connectivity index (χ2v) is 3.26. The van der Waals surface area contributed by atoms with Crippen LogP contribution in [0.3, 0.4) is 0 Å². The lowest BCUT2D eigenvalue weighted by Gasteiger charge is -2.09. The van der Waals surface area contributed by atoms with Gasteiger partial charge < -0.3 is 4.74 Å². The molecule has 0 N–H and O–H groups in total. The van der Waals surface area contributed by atoms with Crippen LogP contribution in [0.5, 0.6) is 5.75 Å². The highest BCUT2D eigenvalue weighted by atomic mass is 35.5. The Morgan fingerprint density at radius 3 is 2.50 bits per heavy atom. The van der Waals surface area contributed by atoms with E-state index >= 15 is 0 Å². The Morgan fingerprint density at radius 2 is 2.00 bits per heavy atom. The maximum atomic E-state index is 12.1. The number of hydrogen-bond donors (Lipinski definition) is 0. The number of alkyl halides is 3. The maximum absolute atomic E-state index is 12.1. The topological polar surface area (TPSA) is 26.3 Å². The smallest absolute Gasteiger partial charge is 0.422 e. The number of ether oxygens (including phenoxy) is 1. The molecule has 0 aliphatic carbocycles. The minimum atomic E-state index is -4.80. The first-order valence-electron chi connectivity index (χ1n) is 4.04. The normalized spacial score (nSPS) is 11.0. The van der Waals surface area contributed by atoms with Crippen molar-refractivity contribution in [3.05, 3.63) is 41.4 Å². The van der Waals surface area contributed by atoms with Gasteiger partial charge in [0.2, 0.25) is 0 Å². The molecule has 0 amide bonds. The van der Waals surface area contributed by atoms with E-state index in [1.807, 2.05) is 0 Å². The van der Waals surface area contributed by atoms with Gasteiger partial charge in [0.05, 0.1) is 0 Å². The van der Waals surface area contributed by atoms with Crippen LogP contribution in [-0.2, 0) is 4.79 Å². The van der Waals surface area contributed by atoms with Crippen LogP contribution in [0.4, 0.5) is 13.2 Å². The zero-order chi connectivity index (χ0) is 12.3. The van der Waals surface area contributed by atoms with Crippen molar-refractivity contribution in [2.75, 3.05) is 0 Å². The van der Waals surface area contributed by atoms with Gasteiger partial charge in [-0.3, -0.25) is 0 Å². The fourth-order valence-electron chi connectivity index (χ4n) is 0.815. The van der Waals surface area contributed by atoms with Crippen molar-refractivity contribution in [3.63, 3.8) is 0 Å². The predicted molar refractivity (Wildman–Crippen MR) is 52.3 cm³/mol. The van der Waals surface area contributed by atoms with Crippen LogP contribution in [0.2, 0.25) is 5.02 Å². The molecule has 6 heteroatoms. The van der Waals surface area contributed by atoms with Crippen molar-refractivity contribution >= 4 is 17.6 Å². The number of hydrogen-bond acceptors (Lipinski definition) is 2. The summed E-state index contributed by atoms with van der Waals surface area (Å²) >= 11 is 5.56. The molecule has 86 valence electrons. The van der Waals surface area contributed by atoms with Crippen molar-refractivity contribution < 1.29 is 22.7 Å². The molecule has 0 atom stereocenters. The Bertz CT molecular complexity index is 426. The molecule has 0 saturated heterocycles. The molecule has 0 unspecified atom stereocenters. The molecule has 2 nitrogen and oxygen atoms in total. The Hall–Kier alpha value is -1.49. The molecule has 0 aliphatic heterocycles. The van der Waals surface area contributed by atoms with Gasteiger partial charge in [-0.1, -0.05) is 24.2 Å². The van der Waals surface area contributed by atoms with Crippen LogP contribution in [0, 0.1) is 0 Å². The summed E-state index contributed by atoms with van der Waals surface area (Å²) in [5, 5.41) is 0.253. The Balaban J connectivity index is 2.76. The van der Waals surface area contributed by atoms with Crippen LogP contribution in [-0.4, -0.2) is 12.1 Å². The zero-order valence-corrected chi connectivity index (χ0v) is 8.60. The van der Waals surface area contributed by atoms with Gasteiger partial charge in [-0.05, 0) is 18.2 Å². The van der Waals surface area contributed by atoms with Crippen LogP contribution in [0.15, 0.2) is 36.4 Å². The lowest BCUT2D eigenvalue weighted by atomic mass is 10.3. The second-order valence-electron chi connectivity index (χ2n) is 2.82. The predicted octanol–water partition coefficient (Wildman–Crippen LogP) is 3.36. The number of carbonyl (C=O) groups is 1. The van der Waals surface area contributed by atoms with Gasteiger partial charge in [0.25, 0.3) is 0 Å². The quantitative estimate of drug-likeness (QED) is 0.457. The van der Waals surface area contributed by atoms with Crippen LogP contribution < -0.4 is 4.74 Å². The minimum absolute atomic E-state index is 0.0668. The van der Waals surface area contributed by atoms with Crippen molar-refractivity contribution in [2.24, 2.45) is 0 Å². The third-order valence-electron chi connectivity index (χ3n) is 1.60. The van der Waals surface area contributed by atoms with Crippen LogP contribution in [0.25, 0.3) is 0 Å². The second kappa shape index (κ2) is 4.57. The standard InChI is InChI=1S/C10H6ClF3O2/c1-6(10(12,13)14)9(15)16-8-4-2-3-7(11)5-8/h2-5H,1H2. The summed E-state index contributed by atoms with van der Waals surface area (Å²) in [7, 11) is 0. The van der Waals surface area contributed by atoms with E-state index in [1.54, 1.807) is 0 Å². The first-order chi connectivity index (χ1) is 7.30. The van der Waals surface area contributed by atoms with E-state index in [-0.39, 0.29) is 10.8 Å². The molecular formula is C10H6ClF3O2. The molecule has 0 aliphatic rings. The van der Waals surface area contributed by atoms with Gasteiger partial charge in [-0.2, -0.15) is 13.2 Å². The molecule has 0 aromatic heterocycles. The number of carbonyl (C=O) groups excluding carboxylic acids is 1. The average Bonchev–Trinajstić information content (AvgIpc) is 2.15. The molecule has 1 rings (SSSR count). The number of esters is 1. The number of halogens is 4. The molecule has 0 radical (unpaired) electrons. The lowest BCUT2D eigenvalue weighted by Crippen LogP contribution is -2.23. The molecule has 16 heavy (non-hydrogen) atoms. The van der Waals surface area contributed by atoms with Crippen LogP contribution in [0.1, 0.15) is 0 Å². The Kier molecular flexibility index (Phi) is 3.59. The van der Waals surface area contributed by atoms with E-state index < -0.39 is 17.7 Å². The van der Waals surface area contributed by atoms with E-state index in [9.17, 15) is 18.0 Å². The average molecular weight is 251 g/mol. The molecule has 0 fully saturated rings. The Morgan fingerprint density at radius 1 is 1.38 bits per heavy atom. The Labute approximate surface area is 94.3 Å². The van der Waals surface area contributed by atoms with E-state index in [1.165, 1.54) is 24.3 Å². The van der Waals surface area contributed by atoms with Gasteiger partial charge in [-0.25, -0.2) is 4.79 Å². The number of rotatable bonds is 2. The summed E-state index contributed by atoms with van der Waals surface area (Å²) in [6, 6.07) is 5.48. The molecule has 0 heterocycles. The van der Waals surface area contributed by atoms with E-state index in [4.69, 9.17) is 11.6 Å². The van der Waals surface area contributed by atoms with Crippen LogP contribution >= 0.6 is 11.6 Å². The van der Waals surface area contributed by atoms with E-state index in [0.29, 0.717) is 0 Å². The van der Waals surface area contributed by atoms with Gasteiger partial charge in [-0.15, -0.1) is 0 Å². The highest BCUT2D eigenvalue weighted by molar-refractivity contribution is 6.30. The van der Waals surface area contributed by atoms with Crippen molar-refractivity contribution in [3.8, 4) is 5.75 Å². The fourth-order valence-corrected chi connectivity index (χ4v) is 0.995. The molecular weight excluding hydrogens is 245 g/mol. The van der Waals surface area contributed by atoms with Gasteiger partial charge in [0, 0.05) is 5.02 Å². The van der Waals surface area contributed by atoms with Gasteiger partial charge in [0.15, 0.2) is 0 Å². The third kappa shape index (κ3) is 3.27. The SMILES string of the molecule is C=C(C(=O)Oc1cccc(Cl)c1)C(F)(F)F. The highest BCUT2D eigenvalue weighted by Gasteiger charge is 2.38. The zero-order valence-electron chi connectivity index (χ0n) is 7.84. The summed E-state index contributed by atoms with van der Waals surface area (Å²) in [6.45, 7) is 2.61. The fraction of sp³-hybridized carbons (Fsp3) is 0.100. The first-order valence-corrected chi connectivity index (χ1v) is 4.42. The van der Waals surface area contributed by atoms with E-state index in [0.717, 1.165) is 0 Å². The molecule has 0 saturated carbocycles. The van der Waals surface area contributed by atoms with Crippen molar-refractivity contribution in [1.29, 1.82) is 0 Å². The third-order valence-corrected chi connectivity index (χ3v) is 1.83. The summed E-state index contributed by atoms with van der Waals surface area (Å²) < 4.78 is 40.6. The summed E-state index contributed by atoms with van der Waals surface area (Å²) in [4.78, 5) is 11.0. The molecule has 1 aromatic rings. The summed E-state index contributed by atoms with van der Waals surface area (Å²) in [6.07, 6.45) is -4.80.